The molecule has 0 fully saturated rings. The van der Waals surface area contributed by atoms with E-state index in [0.717, 1.165) is 17.5 Å². The summed E-state index contributed by atoms with van der Waals surface area (Å²) in [5.74, 6) is -0.276. The number of carbonyl (C=O) groups excluding carboxylic acids is 2. The summed E-state index contributed by atoms with van der Waals surface area (Å²) in [6, 6.07) is 17.2. The summed E-state index contributed by atoms with van der Waals surface area (Å²) in [6.07, 6.45) is 0.724. The molecule has 0 saturated heterocycles. The molecule has 24 heavy (non-hydrogen) atoms. The fourth-order valence-electron chi connectivity index (χ4n) is 2.31. The summed E-state index contributed by atoms with van der Waals surface area (Å²) < 4.78 is 0. The highest BCUT2D eigenvalue weighted by molar-refractivity contribution is 6.30. The third-order valence-corrected chi connectivity index (χ3v) is 3.90. The highest BCUT2D eigenvalue weighted by Gasteiger charge is 2.13. The van der Waals surface area contributed by atoms with Gasteiger partial charge in [0.2, 0.25) is 11.8 Å². The van der Waals surface area contributed by atoms with Crippen molar-refractivity contribution in [1.29, 1.82) is 0 Å². The van der Waals surface area contributed by atoms with Gasteiger partial charge in [-0.25, -0.2) is 0 Å². The van der Waals surface area contributed by atoms with Crippen LogP contribution in [0.25, 0.3) is 0 Å². The largest absolute Gasteiger partial charge is 0.354 e. The Labute approximate surface area is 147 Å². The van der Waals surface area contributed by atoms with Crippen molar-refractivity contribution in [1.82, 2.24) is 10.2 Å². The summed E-state index contributed by atoms with van der Waals surface area (Å²) in [5, 5.41) is 3.55. The lowest BCUT2D eigenvalue weighted by molar-refractivity contribution is -0.134. The molecule has 5 heteroatoms. The van der Waals surface area contributed by atoms with Crippen molar-refractivity contribution in [3.05, 3.63) is 70.7 Å². The van der Waals surface area contributed by atoms with E-state index in [9.17, 15) is 9.59 Å². The van der Waals surface area contributed by atoms with E-state index in [-0.39, 0.29) is 18.4 Å². The Morgan fingerprint density at radius 3 is 2.29 bits per heavy atom. The van der Waals surface area contributed by atoms with Crippen LogP contribution in [0.4, 0.5) is 0 Å². The second-order valence-corrected chi connectivity index (χ2v) is 6.02. The Morgan fingerprint density at radius 2 is 1.67 bits per heavy atom. The molecule has 0 saturated carbocycles. The lowest BCUT2D eigenvalue weighted by atomic mass is 10.1. The highest BCUT2D eigenvalue weighted by Crippen LogP contribution is 2.09. The van der Waals surface area contributed by atoms with E-state index in [1.54, 1.807) is 0 Å². The molecule has 2 aromatic rings. The summed E-state index contributed by atoms with van der Waals surface area (Å²) in [5.41, 5.74) is 2.11. The van der Waals surface area contributed by atoms with Gasteiger partial charge in [-0.3, -0.25) is 9.59 Å². The van der Waals surface area contributed by atoms with Crippen LogP contribution in [0.1, 0.15) is 18.1 Å². The molecule has 0 aromatic heterocycles. The molecular weight excluding hydrogens is 324 g/mol. The van der Waals surface area contributed by atoms with Crippen LogP contribution in [0.5, 0.6) is 0 Å². The van der Waals surface area contributed by atoms with Gasteiger partial charge in [-0.1, -0.05) is 54.1 Å². The molecule has 2 rings (SSSR count). The predicted octanol–water partition coefficient (Wildman–Crippen LogP) is 3.05. The van der Waals surface area contributed by atoms with E-state index < -0.39 is 0 Å². The number of nitrogens with one attached hydrogen (secondary N) is 1. The average molecular weight is 345 g/mol. The number of amides is 2. The molecule has 0 spiro atoms. The van der Waals surface area contributed by atoms with E-state index >= 15 is 0 Å². The van der Waals surface area contributed by atoms with Crippen LogP contribution in [-0.4, -0.2) is 29.8 Å². The van der Waals surface area contributed by atoms with Gasteiger partial charge in [0.25, 0.3) is 0 Å². The van der Waals surface area contributed by atoms with Crippen molar-refractivity contribution in [2.45, 2.75) is 19.9 Å². The van der Waals surface area contributed by atoms with Crippen molar-refractivity contribution in [2.24, 2.45) is 0 Å². The first-order valence-corrected chi connectivity index (χ1v) is 8.23. The van der Waals surface area contributed by atoms with Gasteiger partial charge in [-0.2, -0.15) is 0 Å². The molecule has 2 aromatic carbocycles. The number of hydrogen-bond donors (Lipinski definition) is 1. The van der Waals surface area contributed by atoms with Gasteiger partial charge in [-0.15, -0.1) is 0 Å². The molecule has 1 N–H and O–H groups in total. The molecule has 0 bridgehead atoms. The second kappa shape index (κ2) is 9.08. The van der Waals surface area contributed by atoms with Gasteiger partial charge in [0.15, 0.2) is 0 Å². The van der Waals surface area contributed by atoms with E-state index in [1.807, 2.05) is 54.6 Å². The lowest BCUT2D eigenvalue weighted by Crippen LogP contribution is -2.39. The van der Waals surface area contributed by atoms with Gasteiger partial charge < -0.3 is 10.2 Å². The van der Waals surface area contributed by atoms with Crippen LogP contribution in [0.2, 0.25) is 5.02 Å². The summed E-state index contributed by atoms with van der Waals surface area (Å²) in [4.78, 5) is 25.3. The zero-order valence-electron chi connectivity index (χ0n) is 13.7. The fraction of sp³-hybridized carbons (Fsp3) is 0.263. The number of halogens is 1. The molecule has 0 unspecified atom stereocenters. The van der Waals surface area contributed by atoms with Gasteiger partial charge in [0, 0.05) is 25.0 Å². The SMILES string of the molecule is CC(=O)N(CC(=O)NCCc1ccc(Cl)cc1)Cc1ccccc1. The van der Waals surface area contributed by atoms with Crippen molar-refractivity contribution in [3.63, 3.8) is 0 Å². The van der Waals surface area contributed by atoms with E-state index in [2.05, 4.69) is 5.32 Å². The summed E-state index contributed by atoms with van der Waals surface area (Å²) in [7, 11) is 0. The van der Waals surface area contributed by atoms with Crippen molar-refractivity contribution < 1.29 is 9.59 Å². The Bertz CT molecular complexity index is 672. The first-order valence-electron chi connectivity index (χ1n) is 7.85. The fourth-order valence-corrected chi connectivity index (χ4v) is 2.43. The Hall–Kier alpha value is -2.33. The van der Waals surface area contributed by atoms with Gasteiger partial charge in [0.1, 0.15) is 0 Å². The molecule has 126 valence electrons. The predicted molar refractivity (Wildman–Crippen MR) is 95.7 cm³/mol. The summed E-state index contributed by atoms with van der Waals surface area (Å²) in [6.45, 7) is 2.49. The maximum atomic E-state index is 12.1. The van der Waals surface area contributed by atoms with Gasteiger partial charge in [0.05, 0.1) is 6.54 Å². The molecule has 2 amide bonds. The second-order valence-electron chi connectivity index (χ2n) is 5.59. The van der Waals surface area contributed by atoms with Crippen LogP contribution in [0.15, 0.2) is 54.6 Å². The van der Waals surface area contributed by atoms with Crippen LogP contribution >= 0.6 is 11.6 Å². The topological polar surface area (TPSA) is 49.4 Å². The zero-order chi connectivity index (χ0) is 17.4. The normalized spacial score (nSPS) is 10.2. The van der Waals surface area contributed by atoms with Crippen LogP contribution in [-0.2, 0) is 22.6 Å². The average Bonchev–Trinajstić information content (AvgIpc) is 2.57. The van der Waals surface area contributed by atoms with Crippen LogP contribution < -0.4 is 5.32 Å². The standard InChI is InChI=1S/C19H21ClN2O2/c1-15(23)22(13-17-5-3-2-4-6-17)14-19(24)21-12-11-16-7-9-18(20)10-8-16/h2-10H,11-14H2,1H3,(H,21,24). The van der Waals surface area contributed by atoms with E-state index in [0.29, 0.717) is 18.1 Å². The Morgan fingerprint density at radius 1 is 1.00 bits per heavy atom. The quantitative estimate of drug-likeness (QED) is 0.839. The maximum Gasteiger partial charge on any atom is 0.239 e. The molecule has 0 radical (unpaired) electrons. The van der Waals surface area contributed by atoms with Crippen LogP contribution in [0.3, 0.4) is 0 Å². The smallest absolute Gasteiger partial charge is 0.239 e. The van der Waals surface area contributed by atoms with Crippen molar-refractivity contribution >= 4 is 23.4 Å². The van der Waals surface area contributed by atoms with Gasteiger partial charge in [-0.05, 0) is 29.7 Å². The van der Waals surface area contributed by atoms with E-state index in [1.165, 1.54) is 11.8 Å². The molecule has 4 nitrogen and oxygen atoms in total. The molecule has 0 aliphatic carbocycles. The third kappa shape index (κ3) is 6.05. The zero-order valence-corrected chi connectivity index (χ0v) is 14.4. The van der Waals surface area contributed by atoms with Gasteiger partial charge >= 0.3 is 0 Å². The van der Waals surface area contributed by atoms with E-state index in [4.69, 9.17) is 11.6 Å². The van der Waals surface area contributed by atoms with Crippen LogP contribution in [0, 0.1) is 0 Å². The molecule has 0 atom stereocenters. The highest BCUT2D eigenvalue weighted by atomic mass is 35.5. The number of hydrogen-bond acceptors (Lipinski definition) is 2. The number of benzene rings is 2. The number of nitrogens with zero attached hydrogens (tertiary/aromatic N) is 1. The number of carbonyl (C=O) groups is 2. The molecule has 0 aliphatic heterocycles. The molecule has 0 aliphatic rings. The lowest BCUT2D eigenvalue weighted by Gasteiger charge is -2.20. The minimum absolute atomic E-state index is 0.0604. The summed E-state index contributed by atoms with van der Waals surface area (Å²) >= 11 is 5.84. The Balaban J connectivity index is 1.80. The van der Waals surface area contributed by atoms with Crippen molar-refractivity contribution in [3.8, 4) is 0 Å². The Kier molecular flexibility index (Phi) is 6.82. The maximum absolute atomic E-state index is 12.1. The first-order chi connectivity index (χ1) is 11.5. The monoisotopic (exact) mass is 344 g/mol. The molecule has 0 heterocycles. The minimum Gasteiger partial charge on any atom is -0.354 e. The minimum atomic E-state index is -0.157. The first kappa shape index (κ1) is 18.0. The third-order valence-electron chi connectivity index (χ3n) is 3.65. The number of rotatable bonds is 7. The van der Waals surface area contributed by atoms with Crippen molar-refractivity contribution in [2.75, 3.05) is 13.1 Å². The molecular formula is C19H21ClN2O2.